The van der Waals surface area contributed by atoms with Gasteiger partial charge in [0.2, 0.25) is 5.91 Å². The third kappa shape index (κ3) is 6.77. The van der Waals surface area contributed by atoms with Crippen molar-refractivity contribution in [2.45, 2.75) is 50.9 Å². The van der Waals surface area contributed by atoms with Gasteiger partial charge in [-0.25, -0.2) is 13.8 Å². The number of rotatable bonds is 8. The monoisotopic (exact) mass is 713 g/mol. The first kappa shape index (κ1) is 35.2. The number of benzene rings is 3. The summed E-state index contributed by atoms with van der Waals surface area (Å²) in [6.45, 7) is 2.04. The second kappa shape index (κ2) is 14.0. The zero-order chi connectivity index (χ0) is 35.9. The van der Waals surface area contributed by atoms with E-state index in [4.69, 9.17) is 16.3 Å². The predicted molar refractivity (Wildman–Crippen MR) is 181 cm³/mol. The number of anilines is 1. The van der Waals surface area contributed by atoms with Crippen molar-refractivity contribution in [3.8, 4) is 11.1 Å². The molecule has 0 bridgehead atoms. The predicted octanol–water partition coefficient (Wildman–Crippen LogP) is 8.18. The number of imidazole rings is 1. The van der Waals surface area contributed by atoms with Crippen molar-refractivity contribution in [3.05, 3.63) is 94.4 Å². The molecular formula is C36H33ClF5N5O3. The summed E-state index contributed by atoms with van der Waals surface area (Å²) in [6.07, 6.45) is 3.26. The lowest BCUT2D eigenvalue weighted by atomic mass is 9.93. The van der Waals surface area contributed by atoms with Gasteiger partial charge in [-0.2, -0.15) is 13.2 Å². The fraction of sp³-hybridized carbons (Fsp3) is 0.306. The molecule has 0 radical (unpaired) electrons. The van der Waals surface area contributed by atoms with E-state index in [-0.39, 0.29) is 55.8 Å². The molecule has 6 rings (SSSR count). The topological polar surface area (TPSA) is 90.2 Å². The molecule has 262 valence electrons. The molecule has 0 aliphatic heterocycles. The number of amides is 1. The summed E-state index contributed by atoms with van der Waals surface area (Å²) in [5.41, 5.74) is -1.74. The quantitative estimate of drug-likeness (QED) is 0.125. The van der Waals surface area contributed by atoms with E-state index in [1.165, 1.54) is 41.1 Å². The van der Waals surface area contributed by atoms with Crippen LogP contribution < -0.4 is 10.6 Å². The number of fused-ring (bicyclic) bond motifs is 2. The number of nitrogens with one attached hydrogen (secondary N) is 2. The van der Waals surface area contributed by atoms with Crippen LogP contribution in [0.15, 0.2) is 60.8 Å². The Balaban J connectivity index is 1.24. The molecule has 0 spiro atoms. The molecule has 1 amide bonds. The average Bonchev–Trinajstić information content (AvgIpc) is 3.65. The second-order valence-corrected chi connectivity index (χ2v) is 12.6. The van der Waals surface area contributed by atoms with Crippen LogP contribution >= 0.6 is 11.6 Å². The Hall–Kier alpha value is -4.59. The minimum atomic E-state index is -4.78. The lowest BCUT2D eigenvalue weighted by molar-refractivity contribution is -0.137. The minimum absolute atomic E-state index is 0.0914. The zero-order valence-electron chi connectivity index (χ0n) is 27.3. The minimum Gasteiger partial charge on any atom is -0.381 e. The Kier molecular flexibility index (Phi) is 9.84. The van der Waals surface area contributed by atoms with E-state index in [0.717, 1.165) is 48.4 Å². The molecule has 0 atom stereocenters. The van der Waals surface area contributed by atoms with Gasteiger partial charge in [-0.15, -0.1) is 0 Å². The maximum atomic E-state index is 15.1. The largest absolute Gasteiger partial charge is 0.417 e. The highest BCUT2D eigenvalue weighted by Gasteiger charge is 2.37. The van der Waals surface area contributed by atoms with E-state index in [1.54, 1.807) is 27.2 Å². The number of aromatic nitrogens is 3. The van der Waals surface area contributed by atoms with Crippen molar-refractivity contribution < 1.29 is 36.3 Å². The van der Waals surface area contributed by atoms with Gasteiger partial charge in [0.05, 0.1) is 27.7 Å². The maximum Gasteiger partial charge on any atom is 0.417 e. The Morgan fingerprint density at radius 1 is 1.06 bits per heavy atom. The van der Waals surface area contributed by atoms with E-state index in [2.05, 4.69) is 15.6 Å². The van der Waals surface area contributed by atoms with E-state index >= 15 is 8.78 Å². The highest BCUT2D eigenvalue weighted by molar-refractivity contribution is 6.38. The number of alkyl halides is 3. The number of halogens is 6. The van der Waals surface area contributed by atoms with Crippen LogP contribution in [0.5, 0.6) is 0 Å². The second-order valence-electron chi connectivity index (χ2n) is 12.2. The molecule has 5 aromatic rings. The van der Waals surface area contributed by atoms with Crippen LogP contribution in [-0.2, 0) is 22.8 Å². The fourth-order valence-electron chi connectivity index (χ4n) is 6.47. The summed E-state index contributed by atoms with van der Waals surface area (Å²) in [4.78, 5) is 30.3. The molecule has 1 saturated carbocycles. The van der Waals surface area contributed by atoms with Crippen LogP contribution in [0.3, 0.4) is 0 Å². The number of nitrogens with zero attached hydrogens (tertiary/aromatic N) is 3. The van der Waals surface area contributed by atoms with E-state index in [9.17, 15) is 22.8 Å². The van der Waals surface area contributed by atoms with Crippen LogP contribution in [0.4, 0.5) is 27.6 Å². The third-order valence-electron chi connectivity index (χ3n) is 9.21. The molecule has 0 unspecified atom stereocenters. The Labute approximate surface area is 288 Å². The smallest absolute Gasteiger partial charge is 0.381 e. The molecule has 1 aliphatic rings. The van der Waals surface area contributed by atoms with Gasteiger partial charge in [-0.1, -0.05) is 29.8 Å². The summed E-state index contributed by atoms with van der Waals surface area (Å²) >= 11 is 6.63. The maximum absolute atomic E-state index is 15.1. The van der Waals surface area contributed by atoms with Crippen LogP contribution in [0.25, 0.3) is 33.1 Å². The first-order chi connectivity index (χ1) is 23.8. The molecule has 1 fully saturated rings. The lowest BCUT2D eigenvalue weighted by Gasteiger charge is -2.27. The van der Waals surface area contributed by atoms with Crippen molar-refractivity contribution in [1.29, 1.82) is 0 Å². The molecule has 8 nitrogen and oxygen atoms in total. The molecule has 3 aromatic carbocycles. The number of ether oxygens (including phenoxy) is 1. The number of carbonyl (C=O) groups is 2. The van der Waals surface area contributed by atoms with Gasteiger partial charge in [0, 0.05) is 55.5 Å². The van der Waals surface area contributed by atoms with Crippen LogP contribution in [0.2, 0.25) is 5.02 Å². The normalized spacial score (nSPS) is 16.9. The summed E-state index contributed by atoms with van der Waals surface area (Å²) in [5, 5.41) is 5.53. The van der Waals surface area contributed by atoms with Crippen LogP contribution in [0.1, 0.15) is 47.4 Å². The van der Waals surface area contributed by atoms with Gasteiger partial charge >= 0.3 is 6.18 Å². The Morgan fingerprint density at radius 2 is 1.76 bits per heavy atom. The number of hydrogen-bond acceptors (Lipinski definition) is 5. The zero-order valence-corrected chi connectivity index (χ0v) is 28.1. The van der Waals surface area contributed by atoms with Crippen molar-refractivity contribution in [1.82, 2.24) is 19.4 Å². The number of aryl methyl sites for hydroxylation is 2. The number of carbonyl (C=O) groups excluding carboxylic acids is 2. The molecule has 50 heavy (non-hydrogen) atoms. The molecule has 0 saturated heterocycles. The summed E-state index contributed by atoms with van der Waals surface area (Å²) in [6, 6.07) is 8.68. The highest BCUT2D eigenvalue weighted by atomic mass is 35.5. The van der Waals surface area contributed by atoms with Crippen molar-refractivity contribution >= 4 is 51.0 Å². The van der Waals surface area contributed by atoms with Gasteiger partial charge in [-0.05, 0) is 68.5 Å². The van der Waals surface area contributed by atoms with Crippen molar-refractivity contribution in [2.24, 2.45) is 7.05 Å². The van der Waals surface area contributed by atoms with E-state index < -0.39 is 40.9 Å². The van der Waals surface area contributed by atoms with Gasteiger partial charge in [0.15, 0.2) is 11.6 Å². The average molecular weight is 714 g/mol. The molecule has 2 heterocycles. The molecule has 2 aromatic heterocycles. The van der Waals surface area contributed by atoms with Crippen molar-refractivity contribution in [2.75, 3.05) is 19.0 Å². The van der Waals surface area contributed by atoms with E-state index in [0.29, 0.717) is 12.4 Å². The summed E-state index contributed by atoms with van der Waals surface area (Å²) < 4.78 is 81.5. The molecule has 2 N–H and O–H groups in total. The van der Waals surface area contributed by atoms with Gasteiger partial charge in [0.1, 0.15) is 17.0 Å². The summed E-state index contributed by atoms with van der Waals surface area (Å²) in [7, 11) is 3.28. The van der Waals surface area contributed by atoms with Gasteiger partial charge in [0.25, 0.3) is 5.91 Å². The lowest BCUT2D eigenvalue weighted by Crippen LogP contribution is -2.35. The van der Waals surface area contributed by atoms with Crippen LogP contribution in [-0.4, -0.2) is 51.7 Å². The standard InChI is InChI=1S/C36H33ClF5N5O3/c1-19-44-34-29(46(19)2)18-25(36(40,41)42)31(32(34)37)24-6-4-7-28-23(24)13-15-47(28)35(49)20-16-26(38)33(27(39)17-20)45-30(48)8-5-14-43-21-9-11-22(50-3)12-10-21/h4-8,13,15-18,21-22,43H,9-12,14H2,1-3H3,(H,45,48)/b8-5+. The van der Waals surface area contributed by atoms with E-state index in [1.807, 2.05) is 0 Å². The molecule has 14 heteroatoms. The molecular weight excluding hydrogens is 681 g/mol. The highest BCUT2D eigenvalue weighted by Crippen LogP contribution is 2.46. The fourth-order valence-corrected chi connectivity index (χ4v) is 6.82. The molecule has 1 aliphatic carbocycles. The summed E-state index contributed by atoms with van der Waals surface area (Å²) in [5.74, 6) is -3.50. The Morgan fingerprint density at radius 3 is 2.42 bits per heavy atom. The first-order valence-corrected chi connectivity index (χ1v) is 16.3. The van der Waals surface area contributed by atoms with Gasteiger partial charge < -0.3 is 19.9 Å². The van der Waals surface area contributed by atoms with Gasteiger partial charge in [-0.3, -0.25) is 14.2 Å². The van der Waals surface area contributed by atoms with Crippen molar-refractivity contribution in [3.63, 3.8) is 0 Å². The van der Waals surface area contributed by atoms with Crippen LogP contribution in [0, 0.1) is 18.6 Å². The number of methoxy groups -OCH3 is 1. The third-order valence-corrected chi connectivity index (χ3v) is 9.57. The Bertz CT molecular complexity index is 2120. The number of hydrogen-bond donors (Lipinski definition) is 2. The first-order valence-electron chi connectivity index (χ1n) is 15.9. The SMILES string of the molecule is COC1CCC(NC/C=C/C(=O)Nc2c(F)cc(C(=O)n3ccc4c(-c5c(C(F)(F)F)cc6c(nc(C)n6C)c5Cl)cccc43)cc2F)CC1.